The average Bonchev–Trinajstić information content (AvgIpc) is 2.22. The third-order valence-corrected chi connectivity index (χ3v) is 3.88. The molecule has 5 nitrogen and oxygen atoms in total. The van der Waals surface area contributed by atoms with Gasteiger partial charge in [0.1, 0.15) is 5.82 Å². The van der Waals surface area contributed by atoms with Crippen molar-refractivity contribution in [3.63, 3.8) is 0 Å². The van der Waals surface area contributed by atoms with E-state index in [0.29, 0.717) is 18.7 Å². The number of anilines is 1. The van der Waals surface area contributed by atoms with Gasteiger partial charge in [0, 0.05) is 17.3 Å². The second-order valence-corrected chi connectivity index (χ2v) is 6.43. The van der Waals surface area contributed by atoms with Crippen molar-refractivity contribution in [2.45, 2.75) is 19.8 Å². The van der Waals surface area contributed by atoms with Gasteiger partial charge in [0.25, 0.3) is 0 Å². The summed E-state index contributed by atoms with van der Waals surface area (Å²) in [6.07, 6.45) is 2.45. The molecule has 1 heterocycles. The predicted molar refractivity (Wildman–Crippen MR) is 70.4 cm³/mol. The molecule has 17 heavy (non-hydrogen) atoms. The number of aliphatic hydroxyl groups excluding tert-OH is 1. The van der Waals surface area contributed by atoms with E-state index >= 15 is 0 Å². The van der Waals surface area contributed by atoms with Gasteiger partial charge in [0.2, 0.25) is 10.0 Å². The molecule has 96 valence electrons. The van der Waals surface area contributed by atoms with Gasteiger partial charge in [-0.15, -0.1) is 0 Å². The van der Waals surface area contributed by atoms with Gasteiger partial charge in [0.15, 0.2) is 0 Å². The van der Waals surface area contributed by atoms with Crippen LogP contribution in [0.15, 0.2) is 16.7 Å². The number of sulfonamides is 1. The first-order valence-electron chi connectivity index (χ1n) is 5.18. The summed E-state index contributed by atoms with van der Waals surface area (Å²) in [6, 6.07) is 1.79. The standard InChI is InChI=1S/C10H15BrN2O3S/c1-8-6-9(11)7-12-10(8)13-17(15,16)5-3-2-4-14/h6-7,14H,2-5H2,1H3,(H,12,13). The van der Waals surface area contributed by atoms with Crippen LogP contribution in [0.4, 0.5) is 5.82 Å². The number of hydrogen-bond donors (Lipinski definition) is 2. The summed E-state index contributed by atoms with van der Waals surface area (Å²) in [4.78, 5) is 4.00. The number of rotatable bonds is 6. The first kappa shape index (κ1) is 14.4. The molecule has 0 aromatic carbocycles. The Labute approximate surface area is 109 Å². The number of hydrogen-bond acceptors (Lipinski definition) is 4. The van der Waals surface area contributed by atoms with Gasteiger partial charge in [-0.25, -0.2) is 13.4 Å². The summed E-state index contributed by atoms with van der Waals surface area (Å²) >= 11 is 3.26. The summed E-state index contributed by atoms with van der Waals surface area (Å²) in [5.41, 5.74) is 0.755. The largest absolute Gasteiger partial charge is 0.396 e. The molecule has 1 rings (SSSR count). The molecule has 0 unspecified atom stereocenters. The average molecular weight is 323 g/mol. The van der Waals surface area contributed by atoms with Gasteiger partial charge in [-0.2, -0.15) is 0 Å². The van der Waals surface area contributed by atoms with Crippen LogP contribution in [-0.4, -0.2) is 30.9 Å². The van der Waals surface area contributed by atoms with Crippen molar-refractivity contribution in [3.8, 4) is 0 Å². The topological polar surface area (TPSA) is 79.3 Å². The third kappa shape index (κ3) is 5.01. The van der Waals surface area contributed by atoms with Gasteiger partial charge in [0.05, 0.1) is 5.75 Å². The minimum Gasteiger partial charge on any atom is -0.396 e. The Bertz CT molecular complexity index is 476. The van der Waals surface area contributed by atoms with Crippen LogP contribution in [0, 0.1) is 6.92 Å². The van der Waals surface area contributed by atoms with Gasteiger partial charge >= 0.3 is 0 Å². The second kappa shape index (κ2) is 6.32. The first-order valence-corrected chi connectivity index (χ1v) is 7.62. The molecular weight excluding hydrogens is 308 g/mol. The van der Waals surface area contributed by atoms with Crippen molar-refractivity contribution in [2.75, 3.05) is 17.1 Å². The predicted octanol–water partition coefficient (Wildman–Crippen LogP) is 1.67. The zero-order valence-electron chi connectivity index (χ0n) is 9.48. The van der Waals surface area contributed by atoms with E-state index in [1.165, 1.54) is 0 Å². The molecule has 0 saturated carbocycles. The van der Waals surface area contributed by atoms with Crippen molar-refractivity contribution in [1.82, 2.24) is 4.98 Å². The van der Waals surface area contributed by atoms with Crippen molar-refractivity contribution >= 4 is 31.8 Å². The highest BCUT2D eigenvalue weighted by Gasteiger charge is 2.12. The highest BCUT2D eigenvalue weighted by atomic mass is 79.9. The minimum atomic E-state index is -3.38. The van der Waals surface area contributed by atoms with E-state index in [-0.39, 0.29) is 12.4 Å². The molecule has 2 N–H and O–H groups in total. The zero-order chi connectivity index (χ0) is 12.9. The van der Waals surface area contributed by atoms with Crippen LogP contribution in [0.3, 0.4) is 0 Å². The summed E-state index contributed by atoms with van der Waals surface area (Å²) in [6.45, 7) is 1.79. The number of aryl methyl sites for hydroxylation is 1. The Morgan fingerprint density at radius 1 is 1.47 bits per heavy atom. The monoisotopic (exact) mass is 322 g/mol. The zero-order valence-corrected chi connectivity index (χ0v) is 11.9. The normalized spacial score (nSPS) is 11.5. The maximum atomic E-state index is 11.7. The Morgan fingerprint density at radius 3 is 2.76 bits per heavy atom. The molecule has 0 amide bonds. The molecule has 0 spiro atoms. The number of pyridine rings is 1. The fraction of sp³-hybridized carbons (Fsp3) is 0.500. The molecule has 0 fully saturated rings. The van der Waals surface area contributed by atoms with Crippen LogP contribution in [-0.2, 0) is 10.0 Å². The summed E-state index contributed by atoms with van der Waals surface area (Å²) in [7, 11) is -3.38. The van der Waals surface area contributed by atoms with E-state index in [0.717, 1.165) is 10.0 Å². The van der Waals surface area contributed by atoms with E-state index in [1.807, 2.05) is 0 Å². The molecular formula is C10H15BrN2O3S. The Kier molecular flexibility index (Phi) is 5.35. The fourth-order valence-electron chi connectivity index (χ4n) is 1.25. The Morgan fingerprint density at radius 2 is 2.18 bits per heavy atom. The van der Waals surface area contributed by atoms with Gasteiger partial charge in [-0.1, -0.05) is 0 Å². The molecule has 0 atom stereocenters. The highest BCUT2D eigenvalue weighted by Crippen LogP contribution is 2.17. The number of halogens is 1. The van der Waals surface area contributed by atoms with Crippen LogP contribution in [0.2, 0.25) is 0 Å². The summed E-state index contributed by atoms with van der Waals surface area (Å²) < 4.78 is 26.6. The lowest BCUT2D eigenvalue weighted by atomic mass is 10.3. The molecule has 0 aliphatic carbocycles. The lowest BCUT2D eigenvalue weighted by molar-refractivity contribution is 0.287. The van der Waals surface area contributed by atoms with Crippen LogP contribution in [0.5, 0.6) is 0 Å². The van der Waals surface area contributed by atoms with E-state index < -0.39 is 10.0 Å². The lowest BCUT2D eigenvalue weighted by Gasteiger charge is -2.09. The van der Waals surface area contributed by atoms with Gasteiger partial charge < -0.3 is 5.11 Å². The van der Waals surface area contributed by atoms with Gasteiger partial charge in [-0.05, 0) is 47.3 Å². The maximum Gasteiger partial charge on any atom is 0.233 e. The highest BCUT2D eigenvalue weighted by molar-refractivity contribution is 9.10. The van der Waals surface area contributed by atoms with Crippen LogP contribution in [0.25, 0.3) is 0 Å². The van der Waals surface area contributed by atoms with Crippen LogP contribution < -0.4 is 4.72 Å². The van der Waals surface area contributed by atoms with Gasteiger partial charge in [-0.3, -0.25) is 4.72 Å². The molecule has 7 heteroatoms. The Balaban J connectivity index is 2.69. The number of unbranched alkanes of at least 4 members (excludes halogenated alkanes) is 1. The fourth-order valence-corrected chi connectivity index (χ4v) is 2.89. The number of nitrogens with one attached hydrogen (secondary N) is 1. The summed E-state index contributed by atoms with van der Waals surface area (Å²) in [5.74, 6) is 0.335. The lowest BCUT2D eigenvalue weighted by Crippen LogP contribution is -2.18. The minimum absolute atomic E-state index is 0.00504. The molecule has 1 aromatic heterocycles. The van der Waals surface area contributed by atoms with Crippen molar-refractivity contribution < 1.29 is 13.5 Å². The quantitative estimate of drug-likeness (QED) is 0.781. The molecule has 0 saturated heterocycles. The maximum absolute atomic E-state index is 11.7. The van der Waals surface area contributed by atoms with E-state index in [9.17, 15) is 8.42 Å². The van der Waals surface area contributed by atoms with Crippen molar-refractivity contribution in [1.29, 1.82) is 0 Å². The van der Waals surface area contributed by atoms with E-state index in [1.54, 1.807) is 19.2 Å². The first-order chi connectivity index (χ1) is 7.94. The smallest absolute Gasteiger partial charge is 0.233 e. The van der Waals surface area contributed by atoms with E-state index in [2.05, 4.69) is 25.6 Å². The number of aromatic nitrogens is 1. The van der Waals surface area contributed by atoms with Crippen LogP contribution in [0.1, 0.15) is 18.4 Å². The third-order valence-electron chi connectivity index (χ3n) is 2.12. The molecule has 0 aliphatic rings. The molecule has 1 aromatic rings. The molecule has 0 aliphatic heterocycles. The molecule has 0 radical (unpaired) electrons. The number of nitrogens with zero attached hydrogens (tertiary/aromatic N) is 1. The van der Waals surface area contributed by atoms with Crippen molar-refractivity contribution in [2.24, 2.45) is 0 Å². The SMILES string of the molecule is Cc1cc(Br)cnc1NS(=O)(=O)CCCCO. The second-order valence-electron chi connectivity index (χ2n) is 3.67. The van der Waals surface area contributed by atoms with E-state index in [4.69, 9.17) is 5.11 Å². The number of aliphatic hydroxyl groups is 1. The summed E-state index contributed by atoms with van der Waals surface area (Å²) in [5, 5.41) is 8.59. The molecule has 0 bridgehead atoms. The Hall–Kier alpha value is -0.660. The van der Waals surface area contributed by atoms with Crippen LogP contribution >= 0.6 is 15.9 Å². The van der Waals surface area contributed by atoms with Crippen molar-refractivity contribution in [3.05, 3.63) is 22.3 Å².